The monoisotopic (exact) mass is 383 g/mol. The van der Waals surface area contributed by atoms with Gasteiger partial charge in [0.2, 0.25) is 0 Å². The van der Waals surface area contributed by atoms with Crippen LogP contribution in [-0.2, 0) is 0 Å². The van der Waals surface area contributed by atoms with Crippen LogP contribution in [0.2, 0.25) is 0 Å². The van der Waals surface area contributed by atoms with E-state index >= 15 is 0 Å². The van der Waals surface area contributed by atoms with Crippen molar-refractivity contribution in [2.24, 2.45) is 0 Å². The third-order valence-corrected chi connectivity index (χ3v) is 4.24. The molecule has 0 saturated heterocycles. The van der Waals surface area contributed by atoms with Gasteiger partial charge in [-0.2, -0.15) is 0 Å². The zero-order chi connectivity index (χ0) is 14.4. The van der Waals surface area contributed by atoms with Crippen LogP contribution in [0, 0.1) is 3.57 Å². The smallest absolute Gasteiger partial charge is 0.0733 e. The maximum Gasteiger partial charge on any atom is 0.0733 e. The topological polar surface area (TPSA) is 28.2 Å². The summed E-state index contributed by atoms with van der Waals surface area (Å²) >= 11 is 2.32. The number of fused-ring (bicyclic) bond motifs is 1. The molecule has 0 atom stereocenters. The zero-order valence-electron chi connectivity index (χ0n) is 12.2. The summed E-state index contributed by atoms with van der Waals surface area (Å²) in [7, 11) is 0. The number of nitrogens with zero attached hydrogens (tertiary/aromatic N) is 2. The standard InChI is InChI=1S/C16H22IN3/c1-3-20(4-2)11-5-9-18-15-8-10-19-16-12-13(17)6-7-14(15)16/h6-8,10,12H,3-5,9,11H2,1-2H3,(H,18,19). The lowest BCUT2D eigenvalue weighted by atomic mass is 10.2. The van der Waals surface area contributed by atoms with Gasteiger partial charge in [0.15, 0.2) is 0 Å². The Morgan fingerprint density at radius 3 is 2.75 bits per heavy atom. The molecular weight excluding hydrogens is 361 g/mol. The molecule has 108 valence electrons. The average Bonchev–Trinajstić information content (AvgIpc) is 2.47. The zero-order valence-corrected chi connectivity index (χ0v) is 14.4. The third kappa shape index (κ3) is 4.06. The number of rotatable bonds is 7. The Balaban J connectivity index is 1.96. The quantitative estimate of drug-likeness (QED) is 0.579. The predicted octanol–water partition coefficient (Wildman–Crippen LogP) is 3.98. The first-order valence-corrected chi connectivity index (χ1v) is 8.33. The number of anilines is 1. The lowest BCUT2D eigenvalue weighted by Crippen LogP contribution is -2.25. The van der Waals surface area contributed by atoms with Crippen molar-refractivity contribution in [3.63, 3.8) is 0 Å². The average molecular weight is 383 g/mol. The van der Waals surface area contributed by atoms with Crippen molar-refractivity contribution < 1.29 is 0 Å². The summed E-state index contributed by atoms with van der Waals surface area (Å²) in [5.74, 6) is 0. The van der Waals surface area contributed by atoms with Crippen LogP contribution < -0.4 is 5.32 Å². The van der Waals surface area contributed by atoms with Crippen LogP contribution in [0.3, 0.4) is 0 Å². The molecule has 4 heteroatoms. The highest BCUT2D eigenvalue weighted by atomic mass is 127. The van der Waals surface area contributed by atoms with E-state index in [1.807, 2.05) is 6.20 Å². The molecule has 20 heavy (non-hydrogen) atoms. The van der Waals surface area contributed by atoms with Gasteiger partial charge in [-0.05, 0) is 72.9 Å². The maximum atomic E-state index is 4.43. The Bertz CT molecular complexity index is 552. The van der Waals surface area contributed by atoms with Crippen LogP contribution >= 0.6 is 22.6 Å². The normalized spacial score (nSPS) is 11.2. The first kappa shape index (κ1) is 15.5. The van der Waals surface area contributed by atoms with E-state index in [1.54, 1.807) is 0 Å². The first-order chi connectivity index (χ1) is 9.74. The molecule has 0 fully saturated rings. The van der Waals surface area contributed by atoms with Gasteiger partial charge >= 0.3 is 0 Å². The van der Waals surface area contributed by atoms with Crippen molar-refractivity contribution in [1.82, 2.24) is 9.88 Å². The van der Waals surface area contributed by atoms with Gasteiger partial charge in [0.1, 0.15) is 0 Å². The van der Waals surface area contributed by atoms with Crippen molar-refractivity contribution in [2.75, 3.05) is 31.5 Å². The summed E-state index contributed by atoms with van der Waals surface area (Å²) in [6.45, 7) is 8.85. The van der Waals surface area contributed by atoms with Gasteiger partial charge in [-0.1, -0.05) is 13.8 Å². The molecule has 1 N–H and O–H groups in total. The Morgan fingerprint density at radius 1 is 1.20 bits per heavy atom. The highest BCUT2D eigenvalue weighted by Crippen LogP contribution is 2.23. The number of aromatic nitrogens is 1. The molecule has 0 spiro atoms. The summed E-state index contributed by atoms with van der Waals surface area (Å²) in [5, 5.41) is 4.75. The highest BCUT2D eigenvalue weighted by Gasteiger charge is 2.03. The lowest BCUT2D eigenvalue weighted by Gasteiger charge is -2.18. The number of hydrogen-bond donors (Lipinski definition) is 1. The Hall–Kier alpha value is -0.880. The summed E-state index contributed by atoms with van der Waals surface area (Å²) in [6, 6.07) is 8.46. The largest absolute Gasteiger partial charge is 0.384 e. The van der Waals surface area contributed by atoms with E-state index in [-0.39, 0.29) is 0 Å². The van der Waals surface area contributed by atoms with E-state index in [9.17, 15) is 0 Å². The van der Waals surface area contributed by atoms with Gasteiger partial charge in [0.25, 0.3) is 0 Å². The fourth-order valence-corrected chi connectivity index (χ4v) is 2.82. The van der Waals surface area contributed by atoms with Crippen molar-refractivity contribution >= 4 is 39.2 Å². The summed E-state index contributed by atoms with van der Waals surface area (Å²) in [6.07, 6.45) is 3.04. The molecule has 0 bridgehead atoms. The molecule has 0 aliphatic rings. The molecule has 1 aromatic carbocycles. The van der Waals surface area contributed by atoms with Crippen LogP contribution in [0.5, 0.6) is 0 Å². The van der Waals surface area contributed by atoms with E-state index in [0.29, 0.717) is 0 Å². The molecule has 0 aliphatic carbocycles. The summed E-state index contributed by atoms with van der Waals surface area (Å²) in [5.41, 5.74) is 2.25. The van der Waals surface area contributed by atoms with Gasteiger partial charge in [0, 0.05) is 27.4 Å². The molecule has 0 unspecified atom stereocenters. The summed E-state index contributed by atoms with van der Waals surface area (Å²) < 4.78 is 1.22. The van der Waals surface area contributed by atoms with E-state index in [0.717, 1.165) is 38.1 Å². The molecule has 2 aromatic rings. The molecule has 3 nitrogen and oxygen atoms in total. The molecule has 0 amide bonds. The minimum atomic E-state index is 1.00. The predicted molar refractivity (Wildman–Crippen MR) is 95.4 cm³/mol. The molecule has 0 saturated carbocycles. The third-order valence-electron chi connectivity index (χ3n) is 3.57. The van der Waals surface area contributed by atoms with E-state index in [4.69, 9.17) is 0 Å². The van der Waals surface area contributed by atoms with Crippen molar-refractivity contribution in [2.45, 2.75) is 20.3 Å². The second-order valence-corrected chi connectivity index (χ2v) is 6.07. The fourth-order valence-electron chi connectivity index (χ4n) is 2.34. The Labute approximate surface area is 134 Å². The van der Waals surface area contributed by atoms with Crippen LogP contribution in [-0.4, -0.2) is 36.1 Å². The van der Waals surface area contributed by atoms with Crippen LogP contribution in [0.15, 0.2) is 30.5 Å². The first-order valence-electron chi connectivity index (χ1n) is 7.25. The van der Waals surface area contributed by atoms with Gasteiger partial charge < -0.3 is 10.2 Å². The highest BCUT2D eigenvalue weighted by molar-refractivity contribution is 14.1. The molecular formula is C16H22IN3. The van der Waals surface area contributed by atoms with Gasteiger partial charge in [-0.3, -0.25) is 4.98 Å². The Morgan fingerprint density at radius 2 is 2.00 bits per heavy atom. The van der Waals surface area contributed by atoms with E-state index in [1.165, 1.54) is 14.6 Å². The van der Waals surface area contributed by atoms with Crippen molar-refractivity contribution in [3.05, 3.63) is 34.0 Å². The lowest BCUT2D eigenvalue weighted by molar-refractivity contribution is 0.303. The number of benzene rings is 1. The van der Waals surface area contributed by atoms with E-state index in [2.05, 4.69) is 75.9 Å². The van der Waals surface area contributed by atoms with E-state index < -0.39 is 0 Å². The number of pyridine rings is 1. The van der Waals surface area contributed by atoms with Crippen LogP contribution in [0.1, 0.15) is 20.3 Å². The van der Waals surface area contributed by atoms with Gasteiger partial charge in [-0.15, -0.1) is 0 Å². The molecule has 2 rings (SSSR count). The molecule has 0 radical (unpaired) electrons. The maximum absolute atomic E-state index is 4.43. The minimum absolute atomic E-state index is 1.00. The molecule has 0 aliphatic heterocycles. The molecule has 1 aromatic heterocycles. The SMILES string of the molecule is CCN(CC)CCCNc1ccnc2cc(I)ccc12. The fraction of sp³-hybridized carbons (Fsp3) is 0.438. The second-order valence-electron chi connectivity index (χ2n) is 4.83. The Kier molecular flexibility index (Phi) is 6.04. The second kappa shape index (κ2) is 7.78. The van der Waals surface area contributed by atoms with Crippen molar-refractivity contribution in [1.29, 1.82) is 0 Å². The van der Waals surface area contributed by atoms with Crippen molar-refractivity contribution in [3.8, 4) is 0 Å². The molecule has 1 heterocycles. The van der Waals surface area contributed by atoms with Crippen LogP contribution in [0.25, 0.3) is 10.9 Å². The number of hydrogen-bond acceptors (Lipinski definition) is 3. The van der Waals surface area contributed by atoms with Gasteiger partial charge in [0.05, 0.1) is 5.52 Å². The van der Waals surface area contributed by atoms with Crippen LogP contribution in [0.4, 0.5) is 5.69 Å². The number of nitrogens with one attached hydrogen (secondary N) is 1. The minimum Gasteiger partial charge on any atom is -0.384 e. The van der Waals surface area contributed by atoms with Gasteiger partial charge in [-0.25, -0.2) is 0 Å². The summed E-state index contributed by atoms with van der Waals surface area (Å²) in [4.78, 5) is 6.89. The number of halogens is 1.